The van der Waals surface area contributed by atoms with Crippen LogP contribution in [0.5, 0.6) is 0 Å². The molecule has 3 atom stereocenters. The van der Waals surface area contributed by atoms with Crippen molar-refractivity contribution in [2.45, 2.75) is 70.7 Å². The highest BCUT2D eigenvalue weighted by molar-refractivity contribution is 6.76. The van der Waals surface area contributed by atoms with Crippen molar-refractivity contribution in [2.75, 3.05) is 24.6 Å². The van der Waals surface area contributed by atoms with Crippen molar-refractivity contribution >= 4 is 19.8 Å². The highest BCUT2D eigenvalue weighted by Gasteiger charge is 2.45. The molecule has 4 heterocycles. The van der Waals surface area contributed by atoms with Gasteiger partial charge in [0.1, 0.15) is 12.5 Å². The van der Waals surface area contributed by atoms with Gasteiger partial charge in [-0.05, 0) is 54.8 Å². The molecule has 11 heteroatoms. The smallest absolute Gasteiger partial charge is 0.272 e. The van der Waals surface area contributed by atoms with Gasteiger partial charge in [-0.1, -0.05) is 25.7 Å². The van der Waals surface area contributed by atoms with Gasteiger partial charge in [-0.25, -0.2) is 14.6 Å². The van der Waals surface area contributed by atoms with Crippen LogP contribution >= 0.6 is 0 Å². The average molecular weight is 564 g/mol. The number of aliphatic hydroxyl groups excluding tert-OH is 1. The number of nitrogens with zero attached hydrogens (tertiary/aromatic N) is 6. The molecule has 1 saturated carbocycles. The molecule has 0 aromatic carbocycles. The third-order valence-corrected chi connectivity index (χ3v) is 10.3. The maximum absolute atomic E-state index is 13.3. The number of aromatic nitrogens is 5. The van der Waals surface area contributed by atoms with Gasteiger partial charge in [-0.15, -0.1) is 0 Å². The van der Waals surface area contributed by atoms with Gasteiger partial charge in [0.05, 0.1) is 30.4 Å². The van der Waals surface area contributed by atoms with E-state index >= 15 is 0 Å². The number of piperidine rings is 1. The first-order valence-corrected chi connectivity index (χ1v) is 18.2. The zero-order valence-electron chi connectivity index (χ0n) is 24.1. The molecule has 2 fully saturated rings. The van der Waals surface area contributed by atoms with Crippen LogP contribution in [0.1, 0.15) is 57.7 Å². The summed E-state index contributed by atoms with van der Waals surface area (Å²) < 4.78 is 9.83. The number of hydrogen-bond acceptors (Lipinski definition) is 7. The number of imidazole rings is 1. The topological polar surface area (TPSA) is 110 Å². The molecule has 2 N–H and O–H groups in total. The second kappa shape index (κ2) is 10.8. The van der Waals surface area contributed by atoms with Crippen LogP contribution in [0.25, 0.3) is 0 Å². The van der Waals surface area contributed by atoms with E-state index in [9.17, 15) is 9.90 Å². The van der Waals surface area contributed by atoms with Crippen LogP contribution in [0.4, 0.5) is 5.82 Å². The third kappa shape index (κ3) is 5.73. The summed E-state index contributed by atoms with van der Waals surface area (Å²) in [7, 11) is 0.760. The number of amides is 1. The van der Waals surface area contributed by atoms with E-state index < -0.39 is 8.07 Å². The number of carbonyl (C=O) groups is 1. The van der Waals surface area contributed by atoms with Gasteiger partial charge in [-0.3, -0.25) is 4.79 Å². The largest absolute Gasteiger partial charge is 0.390 e. The summed E-state index contributed by atoms with van der Waals surface area (Å²) in [5.74, 6) is 2.35. The van der Waals surface area contributed by atoms with Crippen molar-refractivity contribution < 1.29 is 14.6 Å². The van der Waals surface area contributed by atoms with E-state index in [-0.39, 0.29) is 25.3 Å². The molecule has 0 radical (unpaired) electrons. The van der Waals surface area contributed by atoms with Crippen LogP contribution in [0.3, 0.4) is 0 Å². The number of fused-ring (bicyclic) bond motifs is 2. The fourth-order valence-electron chi connectivity index (χ4n) is 5.98. The van der Waals surface area contributed by atoms with E-state index in [4.69, 9.17) is 9.72 Å². The zero-order valence-corrected chi connectivity index (χ0v) is 25.1. The summed E-state index contributed by atoms with van der Waals surface area (Å²) in [6, 6.07) is 6.90. The van der Waals surface area contributed by atoms with Gasteiger partial charge < -0.3 is 24.6 Å². The Hall–Kier alpha value is -3.02. The molecule has 214 valence electrons. The molecule has 2 aliphatic carbocycles. The fourth-order valence-corrected chi connectivity index (χ4v) is 6.74. The molecule has 1 amide bonds. The minimum absolute atomic E-state index is 0.111. The Labute approximate surface area is 236 Å². The highest BCUT2D eigenvalue weighted by Crippen LogP contribution is 2.46. The van der Waals surface area contributed by atoms with Crippen molar-refractivity contribution in [3.63, 3.8) is 0 Å². The fraction of sp³-hybridized carbons (Fsp3) is 0.586. The first-order valence-electron chi connectivity index (χ1n) is 14.5. The monoisotopic (exact) mass is 563 g/mol. The lowest BCUT2D eigenvalue weighted by atomic mass is 10.1. The second-order valence-electron chi connectivity index (χ2n) is 12.9. The van der Waals surface area contributed by atoms with E-state index in [1.807, 2.05) is 17.7 Å². The summed E-state index contributed by atoms with van der Waals surface area (Å²) in [5, 5.41) is 18.0. The van der Waals surface area contributed by atoms with Crippen molar-refractivity contribution in [1.82, 2.24) is 29.6 Å². The lowest BCUT2D eigenvalue weighted by Crippen LogP contribution is -2.28. The van der Waals surface area contributed by atoms with E-state index in [0.717, 1.165) is 66.6 Å². The minimum Gasteiger partial charge on any atom is -0.390 e. The van der Waals surface area contributed by atoms with Gasteiger partial charge in [0.15, 0.2) is 5.69 Å². The molecule has 0 bridgehead atoms. The number of anilines is 1. The quantitative estimate of drug-likeness (QED) is 0.272. The summed E-state index contributed by atoms with van der Waals surface area (Å²) >= 11 is 0. The number of aliphatic hydroxyl groups is 1. The molecule has 1 aliphatic heterocycles. The molecule has 3 aromatic rings. The average Bonchev–Trinajstić information content (AvgIpc) is 3.32. The molecule has 1 saturated heterocycles. The van der Waals surface area contributed by atoms with Crippen molar-refractivity contribution in [2.24, 2.45) is 18.9 Å². The standard InChI is InChI=1S/C29H41N7O3Si/c1-34-17-30-28-23(6-7-26(28)34)32-29(38)24-13-22(36(33-24)18-39-9-10-40(2,3)4)12-19-5-8-27(31-25(19)16-37)35-14-20-11-21(20)15-35/h5,8,13,17,20-21,23,37H,6-7,9-12,14-16,18H2,1-4H3,(H,32,38)/t20?,21?,23-/m1/s1. The molecular weight excluding hydrogens is 522 g/mol. The highest BCUT2D eigenvalue weighted by atomic mass is 28.3. The third-order valence-electron chi connectivity index (χ3n) is 8.58. The Bertz CT molecular complexity index is 1380. The number of ether oxygens (including phenoxy) is 1. The number of nitrogens with one attached hydrogen (secondary N) is 1. The van der Waals surface area contributed by atoms with Gasteiger partial charge >= 0.3 is 0 Å². The van der Waals surface area contributed by atoms with Gasteiger partial charge in [0.2, 0.25) is 0 Å². The van der Waals surface area contributed by atoms with Crippen LogP contribution in [0.2, 0.25) is 25.7 Å². The number of pyridine rings is 1. The number of carbonyl (C=O) groups excluding carboxylic acids is 1. The van der Waals surface area contributed by atoms with Gasteiger partial charge in [0.25, 0.3) is 5.91 Å². The van der Waals surface area contributed by atoms with E-state index in [1.54, 1.807) is 11.0 Å². The van der Waals surface area contributed by atoms with Gasteiger partial charge in [-0.2, -0.15) is 5.10 Å². The number of aryl methyl sites for hydroxylation is 1. The Morgan fingerprint density at radius 3 is 2.77 bits per heavy atom. The van der Waals surface area contributed by atoms with Crippen LogP contribution in [-0.2, 0) is 38.0 Å². The lowest BCUT2D eigenvalue weighted by molar-refractivity contribution is 0.0757. The van der Waals surface area contributed by atoms with Crippen LogP contribution < -0.4 is 10.2 Å². The second-order valence-corrected chi connectivity index (χ2v) is 18.5. The summed E-state index contributed by atoms with van der Waals surface area (Å²) in [6.45, 7) is 9.90. The normalized spacial score (nSPS) is 21.5. The maximum atomic E-state index is 13.3. The van der Waals surface area contributed by atoms with Crippen LogP contribution in [0.15, 0.2) is 24.5 Å². The number of rotatable bonds is 11. The van der Waals surface area contributed by atoms with E-state index in [0.29, 0.717) is 24.4 Å². The Kier molecular flexibility index (Phi) is 7.30. The molecule has 10 nitrogen and oxygen atoms in total. The number of hydrogen-bond donors (Lipinski definition) is 2. The molecule has 0 spiro atoms. The van der Waals surface area contributed by atoms with Crippen molar-refractivity contribution in [1.29, 1.82) is 0 Å². The van der Waals surface area contributed by atoms with E-state index in [2.05, 4.69) is 52.1 Å². The Morgan fingerprint density at radius 1 is 1.23 bits per heavy atom. The molecule has 6 rings (SSSR count). The molecular formula is C29H41N7O3Si. The predicted octanol–water partition coefficient (Wildman–Crippen LogP) is 3.28. The summed E-state index contributed by atoms with van der Waals surface area (Å²) in [5.41, 5.74) is 4.93. The summed E-state index contributed by atoms with van der Waals surface area (Å²) in [4.78, 5) is 25.0. The van der Waals surface area contributed by atoms with Crippen molar-refractivity contribution in [3.05, 3.63) is 58.6 Å². The maximum Gasteiger partial charge on any atom is 0.272 e. The Morgan fingerprint density at radius 2 is 2.02 bits per heavy atom. The molecule has 2 unspecified atom stereocenters. The van der Waals surface area contributed by atoms with Crippen LogP contribution in [0, 0.1) is 11.8 Å². The summed E-state index contributed by atoms with van der Waals surface area (Å²) in [6.07, 6.45) is 5.37. The van der Waals surface area contributed by atoms with E-state index in [1.165, 1.54) is 12.1 Å². The SMILES string of the molecule is Cn1cnc2c1CC[C@H]2NC(=O)c1cc(Cc2ccc(N3CC4CC4C3)nc2CO)n(COCC[Si](C)(C)C)n1. The lowest BCUT2D eigenvalue weighted by Gasteiger charge is -2.20. The predicted molar refractivity (Wildman–Crippen MR) is 155 cm³/mol. The first kappa shape index (κ1) is 27.2. The van der Waals surface area contributed by atoms with Crippen molar-refractivity contribution in [3.8, 4) is 0 Å². The molecule has 3 aromatic heterocycles. The minimum atomic E-state index is -1.23. The molecule has 3 aliphatic rings. The first-order chi connectivity index (χ1) is 19.2. The Balaban J connectivity index is 1.20. The van der Waals surface area contributed by atoms with Gasteiger partial charge in [0, 0.05) is 52.6 Å². The van der Waals surface area contributed by atoms with Crippen LogP contribution in [-0.4, -0.2) is 63.1 Å². The molecule has 40 heavy (non-hydrogen) atoms. The zero-order chi connectivity index (χ0) is 28.0.